The Morgan fingerprint density at radius 1 is 1.09 bits per heavy atom. The maximum Gasteiger partial charge on any atom is 0.207 e. The van der Waals surface area contributed by atoms with Crippen molar-refractivity contribution in [3.63, 3.8) is 0 Å². The number of ether oxygens (including phenoxy) is 1. The lowest BCUT2D eigenvalue weighted by Crippen LogP contribution is -2.33. The molecule has 6 N–H and O–H groups in total. The van der Waals surface area contributed by atoms with E-state index in [0.717, 1.165) is 11.1 Å². The molecule has 1 aliphatic rings. The summed E-state index contributed by atoms with van der Waals surface area (Å²) < 4.78 is 7.25. The first-order valence-electron chi connectivity index (χ1n) is 10.0. The van der Waals surface area contributed by atoms with Gasteiger partial charge in [0, 0.05) is 6.54 Å². The SMILES string of the molecule is Nc1ncnc2c1nc(NCc1ccc(-c3ccsc3)cc1)n2[C@@H]1O[C@H](CO)[C@@H](O)[C@H]1O. The first-order chi connectivity index (χ1) is 15.6. The highest BCUT2D eigenvalue weighted by Gasteiger charge is 2.45. The number of nitrogens with zero attached hydrogens (tertiary/aromatic N) is 4. The van der Waals surface area contributed by atoms with E-state index < -0.39 is 31.1 Å². The predicted molar refractivity (Wildman–Crippen MR) is 120 cm³/mol. The van der Waals surface area contributed by atoms with Crippen molar-refractivity contribution < 1.29 is 20.1 Å². The minimum absolute atomic E-state index is 0.184. The van der Waals surface area contributed by atoms with Crippen LogP contribution >= 0.6 is 11.3 Å². The van der Waals surface area contributed by atoms with Crippen LogP contribution in [0.5, 0.6) is 0 Å². The van der Waals surface area contributed by atoms with Gasteiger partial charge in [0.1, 0.15) is 24.6 Å². The number of aromatic nitrogens is 4. The van der Waals surface area contributed by atoms with Gasteiger partial charge in [-0.1, -0.05) is 24.3 Å². The van der Waals surface area contributed by atoms with Crippen LogP contribution in [0, 0.1) is 0 Å². The zero-order chi connectivity index (χ0) is 22.2. The molecule has 5 rings (SSSR count). The number of benzene rings is 1. The molecule has 1 aliphatic heterocycles. The quantitative estimate of drug-likeness (QED) is 0.291. The summed E-state index contributed by atoms with van der Waals surface area (Å²) in [7, 11) is 0. The van der Waals surface area contributed by atoms with Crippen molar-refractivity contribution in [2.24, 2.45) is 0 Å². The van der Waals surface area contributed by atoms with Crippen LogP contribution in [0.25, 0.3) is 22.3 Å². The van der Waals surface area contributed by atoms with Gasteiger partial charge in [0.15, 0.2) is 23.2 Å². The van der Waals surface area contributed by atoms with Crippen molar-refractivity contribution in [3.8, 4) is 11.1 Å². The zero-order valence-corrected chi connectivity index (χ0v) is 17.7. The largest absolute Gasteiger partial charge is 0.394 e. The van der Waals surface area contributed by atoms with E-state index >= 15 is 0 Å². The van der Waals surface area contributed by atoms with E-state index in [4.69, 9.17) is 10.5 Å². The Labute approximate surface area is 187 Å². The Morgan fingerprint density at radius 3 is 2.59 bits per heavy atom. The number of rotatable bonds is 6. The summed E-state index contributed by atoms with van der Waals surface area (Å²) in [6.45, 7) is 0.00703. The van der Waals surface area contributed by atoms with E-state index in [1.54, 1.807) is 11.3 Å². The second-order valence-electron chi connectivity index (χ2n) is 7.53. The molecule has 0 amide bonds. The summed E-state index contributed by atoms with van der Waals surface area (Å²) in [5, 5.41) is 37.6. The van der Waals surface area contributed by atoms with Gasteiger partial charge in [-0.15, -0.1) is 0 Å². The topological polar surface area (TPSA) is 152 Å². The number of hydrogen-bond acceptors (Lipinski definition) is 10. The molecular formula is C21H22N6O4S. The first-order valence-corrected chi connectivity index (χ1v) is 11.0. The number of hydrogen-bond donors (Lipinski definition) is 5. The predicted octanol–water partition coefficient (Wildman–Crippen LogP) is 1.36. The first kappa shape index (κ1) is 20.8. The van der Waals surface area contributed by atoms with Gasteiger partial charge < -0.3 is 31.1 Å². The van der Waals surface area contributed by atoms with Crippen LogP contribution in [0.15, 0.2) is 47.4 Å². The Bertz CT molecular complexity index is 1210. The number of fused-ring (bicyclic) bond motifs is 1. The van der Waals surface area contributed by atoms with Crippen molar-refractivity contribution in [3.05, 3.63) is 53.0 Å². The molecule has 1 saturated heterocycles. The highest BCUT2D eigenvalue weighted by Crippen LogP contribution is 2.35. The fourth-order valence-corrected chi connectivity index (χ4v) is 4.48. The molecule has 0 bridgehead atoms. The Morgan fingerprint density at radius 2 is 1.91 bits per heavy atom. The van der Waals surface area contributed by atoms with E-state index in [1.807, 2.05) is 17.5 Å². The molecule has 0 unspecified atom stereocenters. The van der Waals surface area contributed by atoms with E-state index in [1.165, 1.54) is 16.5 Å². The van der Waals surface area contributed by atoms with Crippen molar-refractivity contribution in [1.29, 1.82) is 0 Å². The number of aliphatic hydroxyl groups excluding tert-OH is 3. The summed E-state index contributed by atoms with van der Waals surface area (Å²) in [6.07, 6.45) is -3.18. The molecule has 0 saturated carbocycles. The fraction of sp³-hybridized carbons (Fsp3) is 0.286. The molecule has 0 spiro atoms. The minimum atomic E-state index is -1.29. The van der Waals surface area contributed by atoms with Gasteiger partial charge in [-0.25, -0.2) is 15.0 Å². The number of imidazole rings is 1. The summed E-state index contributed by atoms with van der Waals surface area (Å²) in [4.78, 5) is 12.7. The van der Waals surface area contributed by atoms with Crippen LogP contribution in [0.3, 0.4) is 0 Å². The Balaban J connectivity index is 1.45. The molecule has 10 nitrogen and oxygen atoms in total. The Hall–Kier alpha value is -3.09. The average Bonchev–Trinajstić information content (AvgIpc) is 3.53. The van der Waals surface area contributed by atoms with Crippen molar-refractivity contribution in [2.75, 3.05) is 17.7 Å². The molecule has 11 heteroatoms. The molecule has 4 atom stereocenters. The van der Waals surface area contributed by atoms with Gasteiger partial charge in [-0.2, -0.15) is 11.3 Å². The van der Waals surface area contributed by atoms with Gasteiger partial charge in [0.2, 0.25) is 5.95 Å². The van der Waals surface area contributed by atoms with Crippen molar-refractivity contribution >= 4 is 34.3 Å². The number of nitrogens with one attached hydrogen (secondary N) is 1. The normalized spacial score (nSPS) is 23.1. The van der Waals surface area contributed by atoms with Crippen molar-refractivity contribution in [2.45, 2.75) is 31.1 Å². The van der Waals surface area contributed by atoms with Crippen molar-refractivity contribution in [1.82, 2.24) is 19.5 Å². The summed E-state index contributed by atoms with van der Waals surface area (Å²) in [5.74, 6) is 0.535. The maximum atomic E-state index is 10.6. The smallest absolute Gasteiger partial charge is 0.207 e. The van der Waals surface area contributed by atoms with E-state index in [0.29, 0.717) is 23.7 Å². The van der Waals surface area contributed by atoms with Gasteiger partial charge >= 0.3 is 0 Å². The van der Waals surface area contributed by atoms with Gasteiger partial charge in [0.05, 0.1) is 6.61 Å². The molecule has 0 aliphatic carbocycles. The molecular weight excluding hydrogens is 432 g/mol. The number of nitrogen functional groups attached to an aromatic ring is 1. The molecule has 1 aromatic carbocycles. The fourth-order valence-electron chi connectivity index (χ4n) is 3.81. The highest BCUT2D eigenvalue weighted by molar-refractivity contribution is 7.08. The summed E-state index contributed by atoms with van der Waals surface area (Å²) in [5.41, 5.74) is 10.0. The number of anilines is 2. The third-order valence-corrected chi connectivity index (χ3v) is 6.22. The second-order valence-corrected chi connectivity index (χ2v) is 8.31. The third kappa shape index (κ3) is 3.59. The average molecular weight is 455 g/mol. The summed E-state index contributed by atoms with van der Waals surface area (Å²) >= 11 is 1.65. The van der Waals surface area contributed by atoms with Gasteiger partial charge in [-0.05, 0) is 33.5 Å². The third-order valence-electron chi connectivity index (χ3n) is 5.54. The number of nitrogens with two attached hydrogens (primary N) is 1. The van der Waals surface area contributed by atoms with E-state index in [2.05, 4.69) is 43.8 Å². The summed E-state index contributed by atoms with van der Waals surface area (Å²) in [6, 6.07) is 10.2. The van der Waals surface area contributed by atoms with Crippen LogP contribution in [0.4, 0.5) is 11.8 Å². The van der Waals surface area contributed by atoms with Crippen LogP contribution < -0.4 is 11.1 Å². The van der Waals surface area contributed by atoms with Crippen LogP contribution in [-0.4, -0.2) is 59.8 Å². The van der Waals surface area contributed by atoms with Gasteiger partial charge in [0.25, 0.3) is 0 Å². The maximum absolute atomic E-state index is 10.6. The minimum Gasteiger partial charge on any atom is -0.394 e. The molecule has 32 heavy (non-hydrogen) atoms. The molecule has 3 aromatic heterocycles. The Kier molecular flexibility index (Phi) is 5.49. The molecule has 1 fully saturated rings. The monoisotopic (exact) mass is 454 g/mol. The molecule has 4 heterocycles. The zero-order valence-electron chi connectivity index (χ0n) is 16.9. The molecule has 0 radical (unpaired) electrons. The highest BCUT2D eigenvalue weighted by atomic mass is 32.1. The number of aliphatic hydroxyl groups is 3. The standard InChI is InChI=1S/C21H22N6O4S/c22-18-15-19(25-10-24-18)27(20-17(30)16(29)14(8-28)31-20)21(26-15)23-7-11-1-3-12(4-2-11)13-5-6-32-9-13/h1-6,9-10,14,16-17,20,28-30H,7-8H2,(H,23,26)(H2,22,24,25)/t14-,16-,17-,20-/m1/s1. The van der Waals surface area contributed by atoms with E-state index in [9.17, 15) is 15.3 Å². The van der Waals surface area contributed by atoms with E-state index in [-0.39, 0.29) is 5.82 Å². The lowest BCUT2D eigenvalue weighted by Gasteiger charge is -2.19. The lowest BCUT2D eigenvalue weighted by atomic mass is 10.1. The van der Waals surface area contributed by atoms with Crippen LogP contribution in [0.2, 0.25) is 0 Å². The lowest BCUT2D eigenvalue weighted by molar-refractivity contribution is -0.0501. The van der Waals surface area contributed by atoms with Gasteiger partial charge in [-0.3, -0.25) is 4.57 Å². The van der Waals surface area contributed by atoms with Crippen LogP contribution in [0.1, 0.15) is 11.8 Å². The number of thiophene rings is 1. The molecule has 4 aromatic rings. The molecule has 166 valence electrons. The van der Waals surface area contributed by atoms with Crippen LogP contribution in [-0.2, 0) is 11.3 Å². The second kappa shape index (κ2) is 8.45.